The van der Waals surface area contributed by atoms with Gasteiger partial charge in [-0.15, -0.1) is 0 Å². The van der Waals surface area contributed by atoms with Gasteiger partial charge in [-0.25, -0.2) is 4.39 Å². The minimum absolute atomic E-state index is 0.126. The van der Waals surface area contributed by atoms with E-state index in [1.54, 1.807) is 12.1 Å². The molecule has 1 saturated heterocycles. The van der Waals surface area contributed by atoms with Crippen LogP contribution >= 0.6 is 0 Å². The normalized spacial score (nSPS) is 30.1. The molecule has 0 aromatic heterocycles. The number of nitrogens with two attached hydrogens (primary N) is 1. The molecule has 0 radical (unpaired) electrons. The van der Waals surface area contributed by atoms with E-state index >= 15 is 0 Å². The Balaban J connectivity index is 1.67. The van der Waals surface area contributed by atoms with Crippen molar-refractivity contribution in [1.29, 1.82) is 0 Å². The van der Waals surface area contributed by atoms with Crippen molar-refractivity contribution in [1.82, 2.24) is 4.90 Å². The summed E-state index contributed by atoms with van der Waals surface area (Å²) in [5.41, 5.74) is 6.89. The van der Waals surface area contributed by atoms with Crippen molar-refractivity contribution in [2.45, 2.75) is 50.8 Å². The maximum Gasteiger partial charge on any atom is 0.123 e. The SMILES string of the molecule is CC1CCCC(CN)N1CC1Cc2cc(F)ccc2O1. The van der Waals surface area contributed by atoms with E-state index < -0.39 is 0 Å². The maximum absolute atomic E-state index is 13.2. The first-order chi connectivity index (χ1) is 9.67. The third kappa shape index (κ3) is 2.67. The van der Waals surface area contributed by atoms with Crippen LogP contribution in [0.1, 0.15) is 31.7 Å². The van der Waals surface area contributed by atoms with E-state index in [1.165, 1.54) is 25.3 Å². The highest BCUT2D eigenvalue weighted by Gasteiger charge is 2.32. The van der Waals surface area contributed by atoms with E-state index in [1.807, 2.05) is 0 Å². The molecular formula is C16H23FN2O. The summed E-state index contributed by atoms with van der Waals surface area (Å²) in [4.78, 5) is 2.48. The van der Waals surface area contributed by atoms with Gasteiger partial charge in [0, 0.05) is 37.2 Å². The minimum Gasteiger partial charge on any atom is -0.488 e. The summed E-state index contributed by atoms with van der Waals surface area (Å²) in [5.74, 6) is 0.657. The smallest absolute Gasteiger partial charge is 0.123 e. The van der Waals surface area contributed by atoms with Crippen LogP contribution in [0.25, 0.3) is 0 Å². The van der Waals surface area contributed by atoms with Crippen LogP contribution in [-0.4, -0.2) is 36.2 Å². The van der Waals surface area contributed by atoms with E-state index in [9.17, 15) is 4.39 Å². The maximum atomic E-state index is 13.2. The van der Waals surface area contributed by atoms with Crippen molar-refractivity contribution in [3.05, 3.63) is 29.6 Å². The fourth-order valence-electron chi connectivity index (χ4n) is 3.55. The number of rotatable bonds is 3. The molecule has 1 fully saturated rings. The number of likely N-dealkylation sites (tertiary alicyclic amines) is 1. The Labute approximate surface area is 119 Å². The number of hydrogen-bond acceptors (Lipinski definition) is 3. The third-order valence-electron chi connectivity index (χ3n) is 4.64. The highest BCUT2D eigenvalue weighted by atomic mass is 19.1. The average molecular weight is 278 g/mol. The van der Waals surface area contributed by atoms with Gasteiger partial charge < -0.3 is 10.5 Å². The first-order valence-corrected chi connectivity index (χ1v) is 7.58. The quantitative estimate of drug-likeness (QED) is 0.922. The zero-order valence-electron chi connectivity index (χ0n) is 12.0. The predicted molar refractivity (Wildman–Crippen MR) is 77.4 cm³/mol. The summed E-state index contributed by atoms with van der Waals surface area (Å²) in [5, 5.41) is 0. The lowest BCUT2D eigenvalue weighted by atomic mass is 9.95. The Bertz CT molecular complexity index is 480. The summed E-state index contributed by atoms with van der Waals surface area (Å²) in [7, 11) is 0. The molecule has 0 bridgehead atoms. The van der Waals surface area contributed by atoms with Crippen LogP contribution in [0.2, 0.25) is 0 Å². The number of fused-ring (bicyclic) bond motifs is 1. The second-order valence-corrected chi connectivity index (χ2v) is 6.06. The van der Waals surface area contributed by atoms with E-state index in [0.29, 0.717) is 18.6 Å². The van der Waals surface area contributed by atoms with E-state index in [4.69, 9.17) is 10.5 Å². The number of nitrogens with zero attached hydrogens (tertiary/aromatic N) is 1. The van der Waals surface area contributed by atoms with Gasteiger partial charge in [-0.1, -0.05) is 6.42 Å². The summed E-state index contributed by atoms with van der Waals surface area (Å²) >= 11 is 0. The van der Waals surface area contributed by atoms with Gasteiger partial charge in [0.15, 0.2) is 0 Å². The first kappa shape index (κ1) is 13.8. The monoisotopic (exact) mass is 278 g/mol. The van der Waals surface area contributed by atoms with Gasteiger partial charge in [0.05, 0.1) is 0 Å². The lowest BCUT2D eigenvalue weighted by Gasteiger charge is -2.41. The van der Waals surface area contributed by atoms with Crippen LogP contribution in [0, 0.1) is 5.82 Å². The zero-order chi connectivity index (χ0) is 14.1. The van der Waals surface area contributed by atoms with Gasteiger partial charge >= 0.3 is 0 Å². The summed E-state index contributed by atoms with van der Waals surface area (Å²) in [6.45, 7) is 3.86. The van der Waals surface area contributed by atoms with Crippen LogP contribution in [-0.2, 0) is 6.42 Å². The fourth-order valence-corrected chi connectivity index (χ4v) is 3.55. The van der Waals surface area contributed by atoms with Crippen molar-refractivity contribution in [3.8, 4) is 5.75 Å². The molecular weight excluding hydrogens is 255 g/mol. The van der Waals surface area contributed by atoms with Gasteiger partial charge in [0.2, 0.25) is 0 Å². The Kier molecular flexibility index (Phi) is 3.94. The molecule has 3 rings (SSSR count). The molecule has 2 N–H and O–H groups in total. The molecule has 4 heteroatoms. The first-order valence-electron chi connectivity index (χ1n) is 7.58. The lowest BCUT2D eigenvalue weighted by Crippen LogP contribution is -2.52. The fraction of sp³-hybridized carbons (Fsp3) is 0.625. The van der Waals surface area contributed by atoms with Crippen molar-refractivity contribution in [2.75, 3.05) is 13.1 Å². The van der Waals surface area contributed by atoms with E-state index in [0.717, 1.165) is 24.3 Å². The molecule has 20 heavy (non-hydrogen) atoms. The average Bonchev–Trinajstić information content (AvgIpc) is 2.82. The molecule has 3 nitrogen and oxygen atoms in total. The summed E-state index contributed by atoms with van der Waals surface area (Å²) in [6.07, 6.45) is 4.59. The highest BCUT2D eigenvalue weighted by molar-refractivity contribution is 5.38. The van der Waals surface area contributed by atoms with Crippen molar-refractivity contribution < 1.29 is 9.13 Å². The highest BCUT2D eigenvalue weighted by Crippen LogP contribution is 2.31. The molecule has 0 aliphatic carbocycles. The number of halogens is 1. The molecule has 2 aliphatic rings. The van der Waals surface area contributed by atoms with Crippen LogP contribution < -0.4 is 10.5 Å². The summed E-state index contributed by atoms with van der Waals surface area (Å²) in [6, 6.07) is 5.82. The molecule has 3 atom stereocenters. The second kappa shape index (κ2) is 5.70. The van der Waals surface area contributed by atoms with Crippen LogP contribution in [0.15, 0.2) is 18.2 Å². The molecule has 0 amide bonds. The van der Waals surface area contributed by atoms with Crippen LogP contribution in [0.4, 0.5) is 4.39 Å². The Hall–Kier alpha value is -1.13. The van der Waals surface area contributed by atoms with Crippen molar-refractivity contribution in [2.24, 2.45) is 5.73 Å². The molecule has 0 saturated carbocycles. The van der Waals surface area contributed by atoms with Crippen LogP contribution in [0.3, 0.4) is 0 Å². The minimum atomic E-state index is -0.181. The topological polar surface area (TPSA) is 38.5 Å². The second-order valence-electron chi connectivity index (χ2n) is 6.06. The molecule has 1 aromatic carbocycles. The number of ether oxygens (including phenoxy) is 1. The third-order valence-corrected chi connectivity index (χ3v) is 4.64. The van der Waals surface area contributed by atoms with Crippen LogP contribution in [0.5, 0.6) is 5.75 Å². The standard InChI is InChI=1S/C16H23FN2O/c1-11-3-2-4-14(9-18)19(11)10-15-8-12-7-13(17)5-6-16(12)20-15/h5-7,11,14-15H,2-4,8-10,18H2,1H3. The lowest BCUT2D eigenvalue weighted by molar-refractivity contribution is 0.0551. The molecule has 0 spiro atoms. The number of benzene rings is 1. The molecule has 2 aliphatic heterocycles. The molecule has 1 aromatic rings. The van der Waals surface area contributed by atoms with E-state index in [2.05, 4.69) is 11.8 Å². The van der Waals surface area contributed by atoms with Gasteiger partial charge in [0.1, 0.15) is 17.7 Å². The Morgan fingerprint density at radius 1 is 1.40 bits per heavy atom. The molecule has 2 heterocycles. The van der Waals surface area contributed by atoms with Crippen molar-refractivity contribution in [3.63, 3.8) is 0 Å². The summed E-state index contributed by atoms with van der Waals surface area (Å²) < 4.78 is 19.2. The van der Waals surface area contributed by atoms with Gasteiger partial charge in [0.25, 0.3) is 0 Å². The molecule has 3 unspecified atom stereocenters. The van der Waals surface area contributed by atoms with Gasteiger partial charge in [-0.2, -0.15) is 0 Å². The predicted octanol–water partition coefficient (Wildman–Crippen LogP) is 2.33. The van der Waals surface area contributed by atoms with Crippen molar-refractivity contribution >= 4 is 0 Å². The zero-order valence-corrected chi connectivity index (χ0v) is 12.0. The Morgan fingerprint density at radius 2 is 2.25 bits per heavy atom. The van der Waals surface area contributed by atoms with E-state index in [-0.39, 0.29) is 11.9 Å². The Morgan fingerprint density at radius 3 is 3.05 bits per heavy atom. The van der Waals surface area contributed by atoms with Gasteiger partial charge in [-0.3, -0.25) is 4.90 Å². The largest absolute Gasteiger partial charge is 0.488 e. The molecule has 110 valence electrons. The number of hydrogen-bond donors (Lipinski definition) is 1. The van der Waals surface area contributed by atoms with Gasteiger partial charge in [-0.05, 0) is 38.0 Å². The number of piperidine rings is 1.